The lowest BCUT2D eigenvalue weighted by atomic mass is 9.74. The summed E-state index contributed by atoms with van der Waals surface area (Å²) in [6.07, 6.45) is -15.4. The number of benzene rings is 2. The number of carbonyl (C=O) groups is 1. The van der Waals surface area contributed by atoms with Crippen molar-refractivity contribution in [1.82, 2.24) is 0 Å². The Labute approximate surface area is 207 Å². The van der Waals surface area contributed by atoms with Crippen molar-refractivity contribution in [3.63, 3.8) is 0 Å². The fourth-order valence-electron chi connectivity index (χ4n) is 4.71. The summed E-state index contributed by atoms with van der Waals surface area (Å²) in [5, 5.41) is 0. The molecule has 2 aromatic carbocycles. The number of rotatable bonds is 4. The first-order valence-corrected chi connectivity index (χ1v) is 11.5. The van der Waals surface area contributed by atoms with Crippen molar-refractivity contribution >= 4 is 11.8 Å². The molecule has 3 nitrogen and oxygen atoms in total. The molecule has 0 aromatic heterocycles. The van der Waals surface area contributed by atoms with Crippen LogP contribution in [0, 0.1) is 0 Å². The number of ether oxygens (including phenoxy) is 1. The van der Waals surface area contributed by atoms with Crippen LogP contribution in [0.4, 0.5) is 50.0 Å². The van der Waals surface area contributed by atoms with Crippen molar-refractivity contribution in [3.05, 3.63) is 64.2 Å². The fraction of sp³-hybridized carbons (Fsp3) is 0.480. The third kappa shape index (κ3) is 5.98. The maximum absolute atomic E-state index is 13.5. The largest absolute Gasteiger partial charge is 0.449 e. The standard InChI is InChI=1S/C25H24F9NO2/c1-4-18-12-19(13(3)14-8-16(24(29,30)31)10-17(9-14)25(32,33)34)20-11-15(23(26,27)28)6-7-21(20)35(18)22(36)37-5-2/h6-11,13,18-19H,4-5,12H2,1-3H3/t13?,18-,19+/m1/s1. The molecule has 37 heavy (non-hydrogen) atoms. The van der Waals surface area contributed by atoms with Crippen LogP contribution in [0.15, 0.2) is 36.4 Å². The molecule has 0 N–H and O–H groups in total. The SMILES string of the molecule is CCOC(=O)N1c2ccc(C(F)(F)F)cc2[C@H](C(C)c2cc(C(F)(F)F)cc(C(F)(F)F)c2)C[C@H]1CC. The molecule has 0 spiro atoms. The van der Waals surface area contributed by atoms with Gasteiger partial charge in [-0.3, -0.25) is 4.90 Å². The average molecular weight is 541 g/mol. The van der Waals surface area contributed by atoms with E-state index in [2.05, 4.69) is 0 Å². The quantitative estimate of drug-likeness (QED) is 0.362. The fourth-order valence-corrected chi connectivity index (χ4v) is 4.71. The predicted molar refractivity (Wildman–Crippen MR) is 117 cm³/mol. The zero-order chi connectivity index (χ0) is 27.9. The van der Waals surface area contributed by atoms with Gasteiger partial charge in [0.15, 0.2) is 0 Å². The van der Waals surface area contributed by atoms with Gasteiger partial charge in [0.1, 0.15) is 0 Å². The number of amides is 1. The lowest BCUT2D eigenvalue weighted by Crippen LogP contribution is -2.45. The van der Waals surface area contributed by atoms with E-state index >= 15 is 0 Å². The highest BCUT2D eigenvalue weighted by molar-refractivity contribution is 5.90. The highest BCUT2D eigenvalue weighted by Crippen LogP contribution is 2.49. The Morgan fingerprint density at radius 2 is 1.43 bits per heavy atom. The van der Waals surface area contributed by atoms with Crippen molar-refractivity contribution in [2.24, 2.45) is 0 Å². The Bertz CT molecular complexity index is 1110. The van der Waals surface area contributed by atoms with Crippen molar-refractivity contribution in [2.45, 2.75) is 70.0 Å². The minimum Gasteiger partial charge on any atom is -0.449 e. The van der Waals surface area contributed by atoms with Crippen molar-refractivity contribution in [1.29, 1.82) is 0 Å². The summed E-state index contributed by atoms with van der Waals surface area (Å²) in [6.45, 7) is 4.62. The third-order valence-corrected chi connectivity index (χ3v) is 6.58. The van der Waals surface area contributed by atoms with Crippen LogP contribution >= 0.6 is 0 Å². The molecule has 0 fully saturated rings. The first-order chi connectivity index (χ1) is 17.0. The minimum absolute atomic E-state index is 0.00237. The van der Waals surface area contributed by atoms with Gasteiger partial charge < -0.3 is 4.74 Å². The highest BCUT2D eigenvalue weighted by Gasteiger charge is 2.42. The maximum atomic E-state index is 13.5. The van der Waals surface area contributed by atoms with Crippen LogP contribution in [-0.2, 0) is 23.3 Å². The number of nitrogens with zero attached hydrogens (tertiary/aromatic N) is 1. The number of hydrogen-bond acceptors (Lipinski definition) is 2. The van der Waals surface area contributed by atoms with E-state index in [1.807, 2.05) is 0 Å². The number of carbonyl (C=O) groups excluding carboxylic acids is 1. The lowest BCUT2D eigenvalue weighted by Gasteiger charge is -2.42. The Morgan fingerprint density at radius 1 is 0.892 bits per heavy atom. The van der Waals surface area contributed by atoms with Gasteiger partial charge in [-0.05, 0) is 79.1 Å². The van der Waals surface area contributed by atoms with Gasteiger partial charge in [0.2, 0.25) is 0 Å². The lowest BCUT2D eigenvalue weighted by molar-refractivity contribution is -0.143. The van der Waals surface area contributed by atoms with Crippen LogP contribution in [0.25, 0.3) is 0 Å². The van der Waals surface area contributed by atoms with Gasteiger partial charge in [-0.25, -0.2) is 4.79 Å². The summed E-state index contributed by atoms with van der Waals surface area (Å²) in [5.74, 6) is -1.97. The maximum Gasteiger partial charge on any atom is 0.416 e. The van der Waals surface area contributed by atoms with Crippen LogP contribution in [0.2, 0.25) is 0 Å². The van der Waals surface area contributed by atoms with Gasteiger partial charge >= 0.3 is 24.6 Å². The molecule has 2 aromatic rings. The summed E-state index contributed by atoms with van der Waals surface area (Å²) >= 11 is 0. The summed E-state index contributed by atoms with van der Waals surface area (Å²) in [6, 6.07) is 3.23. The number of alkyl halides is 9. The van der Waals surface area contributed by atoms with Gasteiger partial charge in [-0.2, -0.15) is 39.5 Å². The van der Waals surface area contributed by atoms with E-state index in [9.17, 15) is 44.3 Å². The van der Waals surface area contributed by atoms with E-state index in [1.165, 1.54) is 11.8 Å². The molecular formula is C25H24F9NO2. The van der Waals surface area contributed by atoms with Gasteiger partial charge in [0.05, 0.1) is 29.0 Å². The molecule has 0 saturated heterocycles. The number of fused-ring (bicyclic) bond motifs is 1. The second-order valence-corrected chi connectivity index (χ2v) is 8.87. The molecule has 1 unspecified atom stereocenters. The molecule has 0 aliphatic carbocycles. The van der Waals surface area contributed by atoms with Crippen LogP contribution in [-0.4, -0.2) is 18.7 Å². The summed E-state index contributed by atoms with van der Waals surface area (Å²) in [5.41, 5.74) is -4.33. The molecule has 0 radical (unpaired) electrons. The van der Waals surface area contributed by atoms with Crippen LogP contribution in [0.3, 0.4) is 0 Å². The zero-order valence-corrected chi connectivity index (χ0v) is 20.0. The molecule has 3 atom stereocenters. The second-order valence-electron chi connectivity index (χ2n) is 8.87. The molecule has 3 rings (SSSR count). The molecule has 1 aliphatic heterocycles. The monoisotopic (exact) mass is 541 g/mol. The molecule has 0 saturated carbocycles. The molecule has 0 bridgehead atoms. The van der Waals surface area contributed by atoms with Gasteiger partial charge in [0, 0.05) is 6.04 Å². The minimum atomic E-state index is -5.07. The van der Waals surface area contributed by atoms with Gasteiger partial charge in [-0.1, -0.05) is 13.8 Å². The van der Waals surface area contributed by atoms with Crippen molar-refractivity contribution in [2.75, 3.05) is 11.5 Å². The van der Waals surface area contributed by atoms with Crippen LogP contribution < -0.4 is 4.90 Å². The third-order valence-electron chi connectivity index (χ3n) is 6.58. The number of halogens is 9. The Balaban J connectivity index is 2.22. The van der Waals surface area contributed by atoms with Gasteiger partial charge in [0.25, 0.3) is 0 Å². The number of hydrogen-bond donors (Lipinski definition) is 0. The second kappa shape index (κ2) is 10.1. The van der Waals surface area contributed by atoms with E-state index in [0.717, 1.165) is 18.2 Å². The zero-order valence-electron chi connectivity index (χ0n) is 20.0. The van der Waals surface area contributed by atoms with E-state index in [0.29, 0.717) is 18.6 Å². The summed E-state index contributed by atoms with van der Waals surface area (Å²) < 4.78 is 126. The van der Waals surface area contributed by atoms with E-state index < -0.39 is 59.2 Å². The topological polar surface area (TPSA) is 29.5 Å². The number of anilines is 1. The Hall–Kier alpha value is -2.92. The van der Waals surface area contributed by atoms with E-state index in [4.69, 9.17) is 4.74 Å². The molecule has 12 heteroatoms. The molecular weight excluding hydrogens is 517 g/mol. The first-order valence-electron chi connectivity index (χ1n) is 11.5. The summed E-state index contributed by atoms with van der Waals surface area (Å²) in [4.78, 5) is 13.9. The smallest absolute Gasteiger partial charge is 0.416 e. The Kier molecular flexibility index (Phi) is 7.81. The van der Waals surface area contributed by atoms with Crippen LogP contribution in [0.5, 0.6) is 0 Å². The normalized spacial score (nSPS) is 19.4. The summed E-state index contributed by atoms with van der Waals surface area (Å²) in [7, 11) is 0. The first kappa shape index (κ1) is 28.6. The highest BCUT2D eigenvalue weighted by atomic mass is 19.4. The van der Waals surface area contributed by atoms with Crippen LogP contribution in [0.1, 0.15) is 73.3 Å². The average Bonchev–Trinajstić information content (AvgIpc) is 2.80. The van der Waals surface area contributed by atoms with E-state index in [-0.39, 0.29) is 35.9 Å². The molecule has 1 heterocycles. The van der Waals surface area contributed by atoms with Gasteiger partial charge in [-0.15, -0.1) is 0 Å². The molecule has 1 aliphatic rings. The van der Waals surface area contributed by atoms with E-state index in [1.54, 1.807) is 13.8 Å². The predicted octanol–water partition coefficient (Wildman–Crippen LogP) is 8.78. The molecule has 1 amide bonds. The van der Waals surface area contributed by atoms with Crippen molar-refractivity contribution < 1.29 is 49.0 Å². The Morgan fingerprint density at radius 3 is 1.89 bits per heavy atom. The van der Waals surface area contributed by atoms with Crippen molar-refractivity contribution in [3.8, 4) is 0 Å². The molecule has 204 valence electrons.